The third kappa shape index (κ3) is 5.66. The zero-order valence-electron chi connectivity index (χ0n) is 6.86. The molecule has 0 aromatic carbocycles. The van der Waals surface area contributed by atoms with Crippen LogP contribution in [0.5, 0.6) is 0 Å². The van der Waals surface area contributed by atoms with Gasteiger partial charge in [0.15, 0.2) is 0 Å². The number of rotatable bonds is 3. The van der Waals surface area contributed by atoms with Crippen LogP contribution in [0, 0.1) is 0 Å². The highest BCUT2D eigenvalue weighted by Gasteiger charge is 1.99. The summed E-state index contributed by atoms with van der Waals surface area (Å²) in [5, 5.41) is 2.21. The molecule has 0 saturated heterocycles. The van der Waals surface area contributed by atoms with Crippen LogP contribution in [0.3, 0.4) is 0 Å². The highest BCUT2D eigenvalue weighted by molar-refractivity contribution is 7.87. The van der Waals surface area contributed by atoms with E-state index < -0.39 is 22.7 Å². The number of carbonyl (C=O) groups is 2. The van der Waals surface area contributed by atoms with E-state index in [2.05, 4.69) is 14.7 Å². The van der Waals surface area contributed by atoms with Crippen molar-refractivity contribution in [3.05, 3.63) is 0 Å². The number of amides is 2. The Bertz CT molecular complexity index is 216. The SMILES string of the molecule is CNC(=O)O/N=S(/C)CC(N)=O. The summed E-state index contributed by atoms with van der Waals surface area (Å²) in [6.45, 7) is 0. The van der Waals surface area contributed by atoms with Crippen LogP contribution < -0.4 is 11.1 Å². The van der Waals surface area contributed by atoms with Crippen molar-refractivity contribution in [3.8, 4) is 0 Å². The fourth-order valence-corrected chi connectivity index (χ4v) is 1.03. The largest absolute Gasteiger partial charge is 0.433 e. The molecule has 0 aliphatic rings. The highest BCUT2D eigenvalue weighted by atomic mass is 32.2. The first-order valence-electron chi connectivity index (χ1n) is 3.07. The Labute approximate surface area is 72.5 Å². The zero-order valence-corrected chi connectivity index (χ0v) is 7.68. The van der Waals surface area contributed by atoms with Gasteiger partial charge in [0.2, 0.25) is 5.91 Å². The normalized spacial score (nSPS) is 12.2. The fourth-order valence-electron chi connectivity index (χ4n) is 0.375. The van der Waals surface area contributed by atoms with Crippen molar-refractivity contribution in [2.45, 2.75) is 0 Å². The average Bonchev–Trinajstić information content (AvgIpc) is 1.99. The van der Waals surface area contributed by atoms with Gasteiger partial charge in [-0.25, -0.2) is 4.79 Å². The summed E-state index contributed by atoms with van der Waals surface area (Å²) < 4.78 is 3.45. The first-order valence-corrected chi connectivity index (χ1v) is 4.83. The van der Waals surface area contributed by atoms with Crippen LogP contribution in [-0.2, 0) is 20.3 Å². The predicted molar refractivity (Wildman–Crippen MR) is 45.3 cm³/mol. The molecule has 1 atom stereocenters. The molecule has 0 spiro atoms. The molecule has 7 heteroatoms. The molecular formula is C5H11N3O3S. The van der Waals surface area contributed by atoms with Crippen LogP contribution in [-0.4, -0.2) is 31.1 Å². The van der Waals surface area contributed by atoms with Crippen molar-refractivity contribution in [2.24, 2.45) is 10.3 Å². The van der Waals surface area contributed by atoms with Gasteiger partial charge in [-0.15, -0.1) is 0 Å². The van der Waals surface area contributed by atoms with Gasteiger partial charge >= 0.3 is 6.09 Å². The number of primary amides is 1. The van der Waals surface area contributed by atoms with E-state index in [4.69, 9.17) is 5.73 Å². The van der Waals surface area contributed by atoms with Gasteiger partial charge in [-0.1, -0.05) is 15.2 Å². The number of carbonyl (C=O) groups excluding carboxylic acids is 2. The topological polar surface area (TPSA) is 93.8 Å². The molecule has 0 saturated carbocycles. The molecular weight excluding hydrogens is 182 g/mol. The van der Waals surface area contributed by atoms with E-state index in [1.54, 1.807) is 6.26 Å². The van der Waals surface area contributed by atoms with E-state index in [0.29, 0.717) is 0 Å². The molecule has 12 heavy (non-hydrogen) atoms. The summed E-state index contributed by atoms with van der Waals surface area (Å²) in [7, 11) is 0.761. The molecule has 0 bridgehead atoms. The lowest BCUT2D eigenvalue weighted by Gasteiger charge is -1.97. The maximum Gasteiger partial charge on any atom is 0.433 e. The number of nitrogens with two attached hydrogens (primary N) is 1. The van der Waals surface area contributed by atoms with Gasteiger partial charge in [-0.2, -0.15) is 0 Å². The maximum absolute atomic E-state index is 10.5. The summed E-state index contributed by atoms with van der Waals surface area (Å²) in [4.78, 5) is 25.1. The third-order valence-electron chi connectivity index (χ3n) is 0.803. The Balaban J connectivity index is 3.84. The summed E-state index contributed by atoms with van der Waals surface area (Å²) in [6, 6.07) is 0. The fraction of sp³-hybridized carbons (Fsp3) is 0.600. The van der Waals surface area contributed by atoms with E-state index in [0.717, 1.165) is 0 Å². The van der Waals surface area contributed by atoms with E-state index in [9.17, 15) is 9.59 Å². The summed E-state index contributed by atoms with van der Waals surface area (Å²) in [6.07, 6.45) is 0.993. The third-order valence-corrected chi connectivity index (χ3v) is 1.83. The van der Waals surface area contributed by atoms with Crippen molar-refractivity contribution >= 4 is 22.7 Å². The molecule has 0 aliphatic heterocycles. The minimum Gasteiger partial charge on any atom is -0.369 e. The molecule has 0 aromatic heterocycles. The van der Waals surface area contributed by atoms with Crippen LogP contribution in [0.15, 0.2) is 4.53 Å². The van der Waals surface area contributed by atoms with Crippen LogP contribution in [0.2, 0.25) is 0 Å². The second-order valence-corrected chi connectivity index (χ2v) is 3.55. The Morgan fingerprint density at radius 2 is 2.25 bits per heavy atom. The van der Waals surface area contributed by atoms with E-state index in [1.807, 2.05) is 0 Å². The Kier molecular flexibility index (Phi) is 5.02. The second kappa shape index (κ2) is 5.53. The molecule has 0 rings (SSSR count). The maximum atomic E-state index is 10.5. The monoisotopic (exact) mass is 193 g/mol. The van der Waals surface area contributed by atoms with Crippen molar-refractivity contribution in [1.29, 1.82) is 0 Å². The van der Waals surface area contributed by atoms with Gasteiger partial charge < -0.3 is 11.1 Å². The van der Waals surface area contributed by atoms with Crippen LogP contribution in [0.4, 0.5) is 4.79 Å². The summed E-state index contributed by atoms with van der Waals surface area (Å²) in [5.74, 6) is -0.373. The van der Waals surface area contributed by atoms with Crippen molar-refractivity contribution < 1.29 is 14.4 Å². The summed E-state index contributed by atoms with van der Waals surface area (Å²) >= 11 is 0. The number of hydrogen-bond acceptors (Lipinski definition) is 4. The van der Waals surface area contributed by atoms with E-state index in [-0.39, 0.29) is 5.75 Å². The van der Waals surface area contributed by atoms with E-state index >= 15 is 0 Å². The predicted octanol–water partition coefficient (Wildman–Crippen LogP) is -0.826. The molecule has 3 N–H and O–H groups in total. The minimum atomic E-state index is -0.655. The van der Waals surface area contributed by atoms with Crippen molar-refractivity contribution in [3.63, 3.8) is 0 Å². The van der Waals surface area contributed by atoms with Gasteiger partial charge in [0.1, 0.15) is 0 Å². The summed E-state index contributed by atoms with van der Waals surface area (Å²) in [5.41, 5.74) is 4.88. The molecule has 0 radical (unpaired) electrons. The van der Waals surface area contributed by atoms with Crippen LogP contribution in [0.25, 0.3) is 0 Å². The molecule has 0 aromatic rings. The van der Waals surface area contributed by atoms with E-state index in [1.165, 1.54) is 7.05 Å². The van der Waals surface area contributed by atoms with Crippen LogP contribution in [0.1, 0.15) is 0 Å². The second-order valence-electron chi connectivity index (χ2n) is 1.91. The Hall–Kier alpha value is -1.11. The van der Waals surface area contributed by atoms with Gasteiger partial charge in [0, 0.05) is 7.05 Å². The minimum absolute atomic E-state index is 0.0942. The van der Waals surface area contributed by atoms with Crippen LogP contribution >= 0.6 is 0 Å². The van der Waals surface area contributed by atoms with Crippen molar-refractivity contribution in [1.82, 2.24) is 5.32 Å². The quantitative estimate of drug-likeness (QED) is 0.573. The van der Waals surface area contributed by atoms with Gasteiger partial charge in [0.05, 0.1) is 5.75 Å². The Morgan fingerprint density at radius 3 is 2.67 bits per heavy atom. The zero-order chi connectivity index (χ0) is 9.56. The smallest absolute Gasteiger partial charge is 0.369 e. The highest BCUT2D eigenvalue weighted by Crippen LogP contribution is 1.85. The molecule has 0 aliphatic carbocycles. The number of nitrogens with zero attached hydrogens (tertiary/aromatic N) is 1. The van der Waals surface area contributed by atoms with Gasteiger partial charge in [0.25, 0.3) is 0 Å². The number of nitrogens with one attached hydrogen (secondary N) is 1. The number of hydrogen-bond donors (Lipinski definition) is 2. The lowest BCUT2D eigenvalue weighted by molar-refractivity contribution is -0.115. The standard InChI is InChI=1S/C5H11N3O3S/c1-7-5(10)11-8-12(2)3-4(6)9/h3H2,1-2H3,(H2,6,9)(H,7,10). The van der Waals surface area contributed by atoms with Gasteiger partial charge in [-0.05, 0) is 6.26 Å². The molecule has 2 amide bonds. The molecule has 6 nitrogen and oxygen atoms in total. The molecule has 0 fully saturated rings. The Morgan fingerprint density at radius 1 is 1.67 bits per heavy atom. The first kappa shape index (κ1) is 10.9. The average molecular weight is 193 g/mol. The molecule has 0 heterocycles. The van der Waals surface area contributed by atoms with Crippen molar-refractivity contribution in [2.75, 3.05) is 19.1 Å². The lowest BCUT2D eigenvalue weighted by atomic mass is 10.8. The lowest BCUT2D eigenvalue weighted by Crippen LogP contribution is -2.20. The molecule has 1 unspecified atom stereocenters. The van der Waals surface area contributed by atoms with Gasteiger partial charge in [-0.3, -0.25) is 9.63 Å². The first-order chi connectivity index (χ1) is 5.56. The molecule has 70 valence electrons.